The van der Waals surface area contributed by atoms with E-state index < -0.39 is 0 Å². The van der Waals surface area contributed by atoms with Crippen molar-refractivity contribution in [3.8, 4) is 23.0 Å². The lowest BCUT2D eigenvalue weighted by Gasteiger charge is -2.18. The Balaban J connectivity index is 1.64. The molecular formula is C20H20N2O5S. The lowest BCUT2D eigenvalue weighted by molar-refractivity contribution is -0.117. The van der Waals surface area contributed by atoms with E-state index in [1.54, 1.807) is 26.4 Å². The molecule has 3 aromatic rings. The number of thiazole rings is 1. The minimum Gasteiger partial charge on any atom is -0.493 e. The van der Waals surface area contributed by atoms with Crippen LogP contribution in [0.15, 0.2) is 35.3 Å². The maximum absolute atomic E-state index is 12.5. The second-order valence-corrected chi connectivity index (χ2v) is 7.29. The molecular weight excluding hydrogens is 380 g/mol. The average molecular weight is 400 g/mol. The minimum atomic E-state index is -0.230. The fraction of sp³-hybridized carbons (Fsp3) is 0.300. The van der Waals surface area contributed by atoms with Crippen molar-refractivity contribution in [2.75, 3.05) is 27.4 Å². The van der Waals surface area contributed by atoms with Crippen molar-refractivity contribution in [3.63, 3.8) is 0 Å². The van der Waals surface area contributed by atoms with Gasteiger partial charge >= 0.3 is 0 Å². The van der Waals surface area contributed by atoms with Crippen molar-refractivity contribution in [2.24, 2.45) is 12.0 Å². The van der Waals surface area contributed by atoms with Gasteiger partial charge in [-0.25, -0.2) is 0 Å². The number of methoxy groups -OCH3 is 2. The molecule has 0 fully saturated rings. The summed E-state index contributed by atoms with van der Waals surface area (Å²) in [5.74, 6) is 2.43. The molecule has 0 aliphatic carbocycles. The number of amides is 1. The zero-order valence-corrected chi connectivity index (χ0v) is 16.7. The van der Waals surface area contributed by atoms with Gasteiger partial charge in [-0.15, -0.1) is 0 Å². The van der Waals surface area contributed by atoms with Gasteiger partial charge in [0.05, 0.1) is 30.9 Å². The van der Waals surface area contributed by atoms with Crippen LogP contribution in [0, 0.1) is 0 Å². The highest BCUT2D eigenvalue weighted by atomic mass is 32.1. The van der Waals surface area contributed by atoms with E-state index in [4.69, 9.17) is 18.9 Å². The van der Waals surface area contributed by atoms with Gasteiger partial charge in [-0.1, -0.05) is 17.4 Å². The standard InChI is InChI=1S/C20H20N2O5S/c1-22-13-10-16-17(27-7-6-26-16)11-18(13)28-20(22)21-19(23)9-12-4-5-14(24-2)15(8-12)25-3/h4-5,8,10-11H,6-7,9H2,1-3H3. The quantitative estimate of drug-likeness (QED) is 0.673. The third kappa shape index (κ3) is 3.43. The zero-order valence-electron chi connectivity index (χ0n) is 15.9. The predicted octanol–water partition coefficient (Wildman–Crippen LogP) is 2.70. The number of carbonyl (C=O) groups is 1. The second kappa shape index (κ2) is 7.55. The number of hydrogen-bond donors (Lipinski definition) is 0. The van der Waals surface area contributed by atoms with Gasteiger partial charge in [0.2, 0.25) is 0 Å². The first-order chi connectivity index (χ1) is 13.6. The first-order valence-corrected chi connectivity index (χ1v) is 9.58. The molecule has 0 radical (unpaired) electrons. The normalized spacial score (nSPS) is 13.6. The van der Waals surface area contributed by atoms with Crippen molar-refractivity contribution in [1.29, 1.82) is 0 Å². The first kappa shape index (κ1) is 18.4. The van der Waals surface area contributed by atoms with Crippen LogP contribution < -0.4 is 23.7 Å². The van der Waals surface area contributed by atoms with Gasteiger partial charge in [-0.2, -0.15) is 4.99 Å². The van der Waals surface area contributed by atoms with Gasteiger partial charge in [0.1, 0.15) is 13.2 Å². The molecule has 8 heteroatoms. The number of fused-ring (bicyclic) bond motifs is 2. The highest BCUT2D eigenvalue weighted by Crippen LogP contribution is 2.35. The second-order valence-electron chi connectivity index (χ2n) is 6.28. The third-order valence-electron chi connectivity index (χ3n) is 4.50. The SMILES string of the molecule is COc1ccc(CC(=O)N=c2sc3cc4c(cc3n2C)OCCO4)cc1OC. The van der Waals surface area contributed by atoms with E-state index in [0.717, 1.165) is 27.3 Å². The van der Waals surface area contributed by atoms with Crippen molar-refractivity contribution in [2.45, 2.75) is 6.42 Å². The van der Waals surface area contributed by atoms with Crippen molar-refractivity contribution in [3.05, 3.63) is 40.7 Å². The summed E-state index contributed by atoms with van der Waals surface area (Å²) in [6.07, 6.45) is 0.178. The van der Waals surface area contributed by atoms with Gasteiger partial charge in [0.25, 0.3) is 5.91 Å². The summed E-state index contributed by atoms with van der Waals surface area (Å²) in [5.41, 5.74) is 1.76. The molecule has 0 N–H and O–H groups in total. The monoisotopic (exact) mass is 400 g/mol. The zero-order chi connectivity index (χ0) is 19.7. The van der Waals surface area contributed by atoms with E-state index in [2.05, 4.69) is 4.99 Å². The van der Waals surface area contributed by atoms with E-state index in [1.165, 1.54) is 11.3 Å². The summed E-state index contributed by atoms with van der Waals surface area (Å²) in [4.78, 5) is 17.5. The van der Waals surface area contributed by atoms with Crippen LogP contribution in [-0.2, 0) is 18.3 Å². The predicted molar refractivity (Wildman–Crippen MR) is 106 cm³/mol. The Morgan fingerprint density at radius 1 is 1.11 bits per heavy atom. The van der Waals surface area contributed by atoms with Crippen LogP contribution in [0.5, 0.6) is 23.0 Å². The summed E-state index contributed by atoms with van der Waals surface area (Å²) in [6.45, 7) is 1.07. The van der Waals surface area contributed by atoms with Crippen LogP contribution in [0.1, 0.15) is 5.56 Å². The third-order valence-corrected chi connectivity index (χ3v) is 5.59. The van der Waals surface area contributed by atoms with Gasteiger partial charge in [-0.3, -0.25) is 4.79 Å². The number of hydrogen-bond acceptors (Lipinski definition) is 6. The molecule has 146 valence electrons. The van der Waals surface area contributed by atoms with E-state index in [0.29, 0.717) is 29.5 Å². The summed E-state index contributed by atoms with van der Waals surface area (Å²) in [7, 11) is 5.03. The Labute approximate surface area is 165 Å². The molecule has 1 aliphatic heterocycles. The highest BCUT2D eigenvalue weighted by molar-refractivity contribution is 7.16. The Morgan fingerprint density at radius 3 is 2.54 bits per heavy atom. The summed E-state index contributed by atoms with van der Waals surface area (Å²) in [5, 5.41) is 0. The van der Waals surface area contributed by atoms with E-state index in [1.807, 2.05) is 29.8 Å². The number of nitrogens with zero attached hydrogens (tertiary/aromatic N) is 2. The highest BCUT2D eigenvalue weighted by Gasteiger charge is 2.16. The first-order valence-electron chi connectivity index (χ1n) is 8.76. The Hall–Kier alpha value is -3.00. The lowest BCUT2D eigenvalue weighted by Crippen LogP contribution is -2.16. The molecule has 1 amide bonds. The maximum Gasteiger partial charge on any atom is 0.252 e. The molecule has 0 spiro atoms. The molecule has 0 saturated heterocycles. The van der Waals surface area contributed by atoms with Crippen LogP contribution >= 0.6 is 11.3 Å². The largest absolute Gasteiger partial charge is 0.493 e. The fourth-order valence-corrected chi connectivity index (χ4v) is 4.13. The molecule has 4 rings (SSSR count). The molecule has 0 bridgehead atoms. The minimum absolute atomic E-state index is 0.178. The molecule has 0 saturated carbocycles. The van der Waals surface area contributed by atoms with Crippen LogP contribution in [0.2, 0.25) is 0 Å². The smallest absolute Gasteiger partial charge is 0.252 e. The number of carbonyl (C=O) groups excluding carboxylic acids is 1. The summed E-state index contributed by atoms with van der Waals surface area (Å²) >= 11 is 1.44. The average Bonchev–Trinajstić information content (AvgIpc) is 3.00. The summed E-state index contributed by atoms with van der Waals surface area (Å²) in [6, 6.07) is 9.28. The molecule has 2 aromatic carbocycles. The van der Waals surface area contributed by atoms with E-state index >= 15 is 0 Å². The molecule has 28 heavy (non-hydrogen) atoms. The fourth-order valence-electron chi connectivity index (χ4n) is 3.08. The number of aryl methyl sites for hydroxylation is 1. The van der Waals surface area contributed by atoms with E-state index in [-0.39, 0.29) is 12.3 Å². The molecule has 0 unspecified atom stereocenters. The van der Waals surface area contributed by atoms with Crippen molar-refractivity contribution in [1.82, 2.24) is 4.57 Å². The van der Waals surface area contributed by atoms with Crippen molar-refractivity contribution < 1.29 is 23.7 Å². The van der Waals surface area contributed by atoms with E-state index in [9.17, 15) is 4.79 Å². The van der Waals surface area contributed by atoms with Crippen LogP contribution in [0.4, 0.5) is 0 Å². The van der Waals surface area contributed by atoms with Gasteiger partial charge in [0, 0.05) is 19.2 Å². The van der Waals surface area contributed by atoms with Crippen LogP contribution in [-0.4, -0.2) is 37.9 Å². The van der Waals surface area contributed by atoms with Gasteiger partial charge in [0.15, 0.2) is 27.8 Å². The number of ether oxygens (including phenoxy) is 4. The molecule has 7 nitrogen and oxygen atoms in total. The maximum atomic E-state index is 12.5. The van der Waals surface area contributed by atoms with Gasteiger partial charge < -0.3 is 23.5 Å². The molecule has 0 atom stereocenters. The molecule has 1 aliphatic rings. The number of rotatable bonds is 4. The Bertz CT molecular complexity index is 1120. The Morgan fingerprint density at radius 2 is 1.82 bits per heavy atom. The van der Waals surface area contributed by atoms with Crippen molar-refractivity contribution >= 4 is 27.5 Å². The summed E-state index contributed by atoms with van der Waals surface area (Å²) < 4.78 is 24.7. The molecule has 2 heterocycles. The lowest BCUT2D eigenvalue weighted by atomic mass is 10.1. The number of aromatic nitrogens is 1. The van der Waals surface area contributed by atoms with Crippen LogP contribution in [0.3, 0.4) is 0 Å². The Kier molecular flexibility index (Phi) is 4.95. The van der Waals surface area contributed by atoms with Crippen LogP contribution in [0.25, 0.3) is 10.2 Å². The molecule has 1 aromatic heterocycles. The topological polar surface area (TPSA) is 71.3 Å². The number of benzene rings is 2. The van der Waals surface area contributed by atoms with Gasteiger partial charge in [-0.05, 0) is 17.7 Å².